The summed E-state index contributed by atoms with van der Waals surface area (Å²) >= 11 is 0. The molecule has 3 heterocycles. The molecule has 0 radical (unpaired) electrons. The standard InChI is InChI=1S/C32H23F3N4O5/c33-25-10-18(14-36)4-5-20(25)17-44-30-3-1-2-28(37-30)24-13-26(34)21(11-27(24)35)15-39-31(40)23-7-6-19(32(41)42)12-29(23)38(39)16-22-8-9-43-22/h1-7,10-13,22H,8-9,15-17H2,(H,41,42)/t22-/m1/s1. The number of benzene rings is 3. The highest BCUT2D eigenvalue weighted by molar-refractivity contribution is 5.93. The predicted octanol–water partition coefficient (Wildman–Crippen LogP) is 5.27. The Bertz CT molecular complexity index is 2030. The van der Waals surface area contributed by atoms with E-state index in [1.54, 1.807) is 4.68 Å². The van der Waals surface area contributed by atoms with E-state index < -0.39 is 29.0 Å². The first-order chi connectivity index (χ1) is 21.2. The van der Waals surface area contributed by atoms with Crippen molar-refractivity contribution in [2.24, 2.45) is 0 Å². The maximum atomic E-state index is 15.5. The van der Waals surface area contributed by atoms with Crippen molar-refractivity contribution in [1.29, 1.82) is 5.26 Å². The summed E-state index contributed by atoms with van der Waals surface area (Å²) in [7, 11) is 0. The molecule has 0 amide bonds. The maximum absolute atomic E-state index is 15.5. The molecular weight excluding hydrogens is 577 g/mol. The van der Waals surface area contributed by atoms with E-state index in [1.807, 2.05) is 6.07 Å². The van der Waals surface area contributed by atoms with Gasteiger partial charge < -0.3 is 14.6 Å². The molecule has 1 atom stereocenters. The minimum atomic E-state index is -1.16. The first-order valence-corrected chi connectivity index (χ1v) is 13.6. The molecule has 3 aromatic carbocycles. The molecule has 2 aromatic heterocycles. The van der Waals surface area contributed by atoms with Gasteiger partial charge in [-0.25, -0.2) is 27.6 Å². The second-order valence-corrected chi connectivity index (χ2v) is 10.3. The van der Waals surface area contributed by atoms with Crippen LogP contribution in [0.4, 0.5) is 13.2 Å². The Labute approximate surface area is 247 Å². The lowest BCUT2D eigenvalue weighted by molar-refractivity contribution is -0.0618. The van der Waals surface area contributed by atoms with E-state index >= 15 is 8.78 Å². The average Bonchev–Trinajstić information content (AvgIpc) is 3.25. The third-order valence-electron chi connectivity index (χ3n) is 7.46. The summed E-state index contributed by atoms with van der Waals surface area (Å²) in [5.41, 5.74) is 0.0276. The van der Waals surface area contributed by atoms with E-state index in [1.165, 1.54) is 53.2 Å². The molecule has 0 saturated carbocycles. The molecule has 1 fully saturated rings. The molecule has 1 N–H and O–H groups in total. The second kappa shape index (κ2) is 11.7. The molecule has 1 aliphatic heterocycles. The quantitative estimate of drug-likeness (QED) is 0.245. The van der Waals surface area contributed by atoms with Crippen LogP contribution in [0.3, 0.4) is 0 Å². The van der Waals surface area contributed by atoms with Crippen LogP contribution in [-0.4, -0.2) is 38.1 Å². The van der Waals surface area contributed by atoms with Gasteiger partial charge in [0.15, 0.2) is 0 Å². The number of aromatic nitrogens is 3. The molecule has 1 aliphatic rings. The number of rotatable bonds is 9. The third-order valence-corrected chi connectivity index (χ3v) is 7.46. The fourth-order valence-corrected chi connectivity index (χ4v) is 5.01. The fraction of sp³-hybridized carbons (Fsp3) is 0.188. The second-order valence-electron chi connectivity index (χ2n) is 10.3. The van der Waals surface area contributed by atoms with E-state index in [-0.39, 0.29) is 70.6 Å². The number of nitrogens with zero attached hydrogens (tertiary/aromatic N) is 4. The number of halogens is 3. The van der Waals surface area contributed by atoms with Crippen LogP contribution in [0.25, 0.3) is 22.2 Å². The SMILES string of the molecule is N#Cc1ccc(COc2cccc(-c3cc(F)c(Cn4c(=O)c5ccc(C(=O)O)cc5n4C[C@H]4CCO4)cc3F)n2)c(F)c1. The number of fused-ring (bicyclic) bond motifs is 1. The molecule has 0 spiro atoms. The first kappa shape index (κ1) is 28.7. The third kappa shape index (κ3) is 5.52. The molecule has 222 valence electrons. The van der Waals surface area contributed by atoms with Crippen molar-refractivity contribution in [2.75, 3.05) is 6.61 Å². The Balaban J connectivity index is 1.29. The molecule has 6 rings (SSSR count). The number of carboxylic acids is 1. The Morgan fingerprint density at radius 1 is 1.02 bits per heavy atom. The van der Waals surface area contributed by atoms with Crippen LogP contribution in [0.2, 0.25) is 0 Å². The normalized spacial score (nSPS) is 14.3. The summed E-state index contributed by atoms with van der Waals surface area (Å²) in [6, 6.07) is 16.4. The Hall–Kier alpha value is -5.41. The Kier molecular flexibility index (Phi) is 7.63. The van der Waals surface area contributed by atoms with Gasteiger partial charge >= 0.3 is 5.97 Å². The van der Waals surface area contributed by atoms with Gasteiger partial charge in [0.1, 0.15) is 24.1 Å². The van der Waals surface area contributed by atoms with Gasteiger partial charge in [-0.05, 0) is 55.0 Å². The highest BCUT2D eigenvalue weighted by atomic mass is 19.1. The molecular formula is C32H23F3N4O5. The van der Waals surface area contributed by atoms with Crippen LogP contribution < -0.4 is 10.3 Å². The number of carboxylic acid groups (broad SMARTS) is 1. The number of ether oxygens (including phenoxy) is 2. The highest BCUT2D eigenvalue weighted by Gasteiger charge is 2.24. The van der Waals surface area contributed by atoms with Crippen molar-refractivity contribution >= 4 is 16.9 Å². The summed E-state index contributed by atoms with van der Waals surface area (Å²) in [6.07, 6.45) is 0.533. The van der Waals surface area contributed by atoms with Gasteiger partial charge in [-0.1, -0.05) is 12.1 Å². The largest absolute Gasteiger partial charge is 0.478 e. The molecule has 9 nitrogen and oxygen atoms in total. The molecule has 0 unspecified atom stereocenters. The number of pyridine rings is 1. The predicted molar refractivity (Wildman–Crippen MR) is 152 cm³/mol. The van der Waals surface area contributed by atoms with Crippen LogP contribution in [0.15, 0.2) is 71.5 Å². The van der Waals surface area contributed by atoms with Gasteiger partial charge in [0.05, 0.1) is 53.0 Å². The number of aromatic carboxylic acids is 1. The van der Waals surface area contributed by atoms with Crippen molar-refractivity contribution in [1.82, 2.24) is 14.3 Å². The summed E-state index contributed by atoms with van der Waals surface area (Å²) in [6.45, 7) is 0.264. The molecule has 0 bridgehead atoms. The number of hydrogen-bond donors (Lipinski definition) is 1. The zero-order chi connectivity index (χ0) is 31.0. The number of nitriles is 1. The van der Waals surface area contributed by atoms with E-state index in [2.05, 4.69) is 4.98 Å². The summed E-state index contributed by atoms with van der Waals surface area (Å²) in [5, 5.41) is 18.6. The van der Waals surface area contributed by atoms with Gasteiger partial charge in [-0.3, -0.25) is 9.48 Å². The lowest BCUT2D eigenvalue weighted by atomic mass is 10.1. The van der Waals surface area contributed by atoms with Crippen molar-refractivity contribution in [2.45, 2.75) is 32.2 Å². The lowest BCUT2D eigenvalue weighted by Gasteiger charge is -2.28. The van der Waals surface area contributed by atoms with Gasteiger partial charge in [-0.15, -0.1) is 0 Å². The van der Waals surface area contributed by atoms with Crippen molar-refractivity contribution in [3.8, 4) is 23.2 Å². The van der Waals surface area contributed by atoms with Crippen LogP contribution >= 0.6 is 0 Å². The summed E-state index contributed by atoms with van der Waals surface area (Å²) < 4.78 is 59.0. The maximum Gasteiger partial charge on any atom is 0.335 e. The molecule has 44 heavy (non-hydrogen) atoms. The Morgan fingerprint density at radius 2 is 1.82 bits per heavy atom. The van der Waals surface area contributed by atoms with Gasteiger partial charge in [0.25, 0.3) is 5.56 Å². The molecule has 5 aromatic rings. The van der Waals surface area contributed by atoms with Gasteiger partial charge in [0.2, 0.25) is 5.88 Å². The first-order valence-electron chi connectivity index (χ1n) is 13.6. The molecule has 1 saturated heterocycles. The van der Waals surface area contributed by atoms with Crippen LogP contribution in [0, 0.1) is 28.8 Å². The van der Waals surface area contributed by atoms with E-state index in [9.17, 15) is 19.1 Å². The Morgan fingerprint density at radius 3 is 2.52 bits per heavy atom. The van der Waals surface area contributed by atoms with Crippen molar-refractivity contribution in [3.63, 3.8) is 0 Å². The highest BCUT2D eigenvalue weighted by Crippen LogP contribution is 2.27. The zero-order valence-electron chi connectivity index (χ0n) is 23.0. The van der Waals surface area contributed by atoms with Gasteiger partial charge in [-0.2, -0.15) is 5.26 Å². The zero-order valence-corrected chi connectivity index (χ0v) is 23.0. The average molecular weight is 601 g/mol. The molecule has 0 aliphatic carbocycles. The monoisotopic (exact) mass is 600 g/mol. The van der Waals surface area contributed by atoms with E-state index in [4.69, 9.17) is 14.7 Å². The van der Waals surface area contributed by atoms with E-state index in [0.717, 1.165) is 24.6 Å². The van der Waals surface area contributed by atoms with E-state index in [0.29, 0.717) is 12.1 Å². The smallest absolute Gasteiger partial charge is 0.335 e. The summed E-state index contributed by atoms with van der Waals surface area (Å²) in [4.78, 5) is 29.1. The number of carbonyl (C=O) groups is 1. The van der Waals surface area contributed by atoms with Crippen LogP contribution in [0.5, 0.6) is 5.88 Å². The van der Waals surface area contributed by atoms with Crippen LogP contribution in [0.1, 0.15) is 33.5 Å². The minimum absolute atomic E-state index is 0.0137. The molecule has 12 heteroatoms. The van der Waals surface area contributed by atoms with Crippen molar-refractivity contribution < 1.29 is 32.5 Å². The lowest BCUT2D eigenvalue weighted by Crippen LogP contribution is -2.35. The fourth-order valence-electron chi connectivity index (χ4n) is 5.01. The topological polar surface area (TPSA) is 119 Å². The summed E-state index contributed by atoms with van der Waals surface area (Å²) in [5.74, 6) is -3.32. The van der Waals surface area contributed by atoms with Gasteiger partial charge in [0, 0.05) is 29.4 Å². The van der Waals surface area contributed by atoms with Crippen LogP contribution in [-0.2, 0) is 24.4 Å². The minimum Gasteiger partial charge on any atom is -0.478 e. The number of hydrogen-bond acceptors (Lipinski definition) is 6. The van der Waals surface area contributed by atoms with Crippen molar-refractivity contribution in [3.05, 3.63) is 117 Å².